The Balaban J connectivity index is 2.70. The van der Waals surface area contributed by atoms with Gasteiger partial charge in [0.15, 0.2) is 0 Å². The number of hydrogen-bond donors (Lipinski definition) is 1. The van der Waals surface area contributed by atoms with Crippen molar-refractivity contribution < 1.29 is 4.39 Å². The van der Waals surface area contributed by atoms with E-state index in [9.17, 15) is 4.39 Å². The minimum absolute atomic E-state index is 0.0512. The molecule has 0 aliphatic heterocycles. The summed E-state index contributed by atoms with van der Waals surface area (Å²) >= 11 is 5.85. The van der Waals surface area contributed by atoms with Crippen LogP contribution in [0.1, 0.15) is 32.8 Å². The van der Waals surface area contributed by atoms with E-state index in [1.807, 2.05) is 6.07 Å². The summed E-state index contributed by atoms with van der Waals surface area (Å²) in [6.45, 7) is 6.93. The van der Waals surface area contributed by atoms with Crippen LogP contribution < -0.4 is 5.32 Å². The zero-order valence-corrected chi connectivity index (χ0v) is 10.2. The van der Waals surface area contributed by atoms with Crippen LogP contribution in [0.5, 0.6) is 0 Å². The SMILES string of the molecule is CCC(C)(C)NCc1cccc(F)c1Cl. The van der Waals surface area contributed by atoms with Gasteiger partial charge in [-0.15, -0.1) is 0 Å². The second-order valence-electron chi connectivity index (χ2n) is 4.30. The number of benzene rings is 1. The first-order valence-electron chi connectivity index (χ1n) is 5.14. The lowest BCUT2D eigenvalue weighted by atomic mass is 10.0. The zero-order chi connectivity index (χ0) is 11.5. The van der Waals surface area contributed by atoms with Crippen molar-refractivity contribution in [2.75, 3.05) is 0 Å². The molecule has 1 aromatic carbocycles. The molecule has 0 radical (unpaired) electrons. The molecule has 0 atom stereocenters. The summed E-state index contributed by atoms with van der Waals surface area (Å²) < 4.78 is 13.1. The van der Waals surface area contributed by atoms with Crippen LogP contribution in [0.3, 0.4) is 0 Å². The lowest BCUT2D eigenvalue weighted by Crippen LogP contribution is -2.37. The molecular formula is C12H17ClFN. The minimum atomic E-state index is -0.356. The Kier molecular flexibility index (Phi) is 4.12. The van der Waals surface area contributed by atoms with Gasteiger partial charge in [-0.25, -0.2) is 4.39 Å². The first-order valence-corrected chi connectivity index (χ1v) is 5.52. The average Bonchev–Trinajstić information content (AvgIpc) is 2.20. The molecule has 1 nitrogen and oxygen atoms in total. The van der Waals surface area contributed by atoms with E-state index in [0.29, 0.717) is 6.54 Å². The molecule has 0 aliphatic rings. The van der Waals surface area contributed by atoms with Gasteiger partial charge in [0, 0.05) is 12.1 Å². The van der Waals surface area contributed by atoms with E-state index in [1.165, 1.54) is 6.07 Å². The van der Waals surface area contributed by atoms with E-state index in [-0.39, 0.29) is 16.4 Å². The predicted octanol–water partition coefficient (Wildman–Crippen LogP) is 3.76. The van der Waals surface area contributed by atoms with E-state index in [4.69, 9.17) is 11.6 Å². The van der Waals surface area contributed by atoms with Crippen molar-refractivity contribution in [3.05, 3.63) is 34.6 Å². The maximum atomic E-state index is 13.1. The maximum absolute atomic E-state index is 13.1. The number of hydrogen-bond acceptors (Lipinski definition) is 1. The van der Waals surface area contributed by atoms with Gasteiger partial charge < -0.3 is 5.32 Å². The topological polar surface area (TPSA) is 12.0 Å². The number of halogens is 2. The summed E-state index contributed by atoms with van der Waals surface area (Å²) in [5.41, 5.74) is 0.855. The molecule has 1 N–H and O–H groups in total. The fourth-order valence-electron chi connectivity index (χ4n) is 1.14. The number of nitrogens with one attached hydrogen (secondary N) is 1. The van der Waals surface area contributed by atoms with E-state index in [1.54, 1.807) is 6.07 Å². The molecule has 0 unspecified atom stereocenters. The smallest absolute Gasteiger partial charge is 0.142 e. The van der Waals surface area contributed by atoms with Gasteiger partial charge in [0.05, 0.1) is 5.02 Å². The highest BCUT2D eigenvalue weighted by atomic mass is 35.5. The molecule has 1 aromatic rings. The summed E-state index contributed by atoms with van der Waals surface area (Å²) in [5.74, 6) is -0.356. The molecule has 0 heterocycles. The van der Waals surface area contributed by atoms with Gasteiger partial charge in [-0.2, -0.15) is 0 Å². The first-order chi connectivity index (χ1) is 6.96. The quantitative estimate of drug-likeness (QED) is 0.829. The van der Waals surface area contributed by atoms with Crippen LogP contribution in [0.25, 0.3) is 0 Å². The molecule has 3 heteroatoms. The fraction of sp³-hybridized carbons (Fsp3) is 0.500. The largest absolute Gasteiger partial charge is 0.308 e. The minimum Gasteiger partial charge on any atom is -0.308 e. The van der Waals surface area contributed by atoms with Crippen molar-refractivity contribution in [2.24, 2.45) is 0 Å². The van der Waals surface area contributed by atoms with Crippen LogP contribution in [-0.4, -0.2) is 5.54 Å². The molecule has 84 valence electrons. The Morgan fingerprint density at radius 3 is 2.67 bits per heavy atom. The lowest BCUT2D eigenvalue weighted by molar-refractivity contribution is 0.374. The molecule has 0 amide bonds. The summed E-state index contributed by atoms with van der Waals surface area (Å²) in [5, 5.41) is 3.56. The molecule has 1 rings (SSSR count). The Hall–Kier alpha value is -0.600. The monoisotopic (exact) mass is 229 g/mol. The molecule has 0 saturated heterocycles. The van der Waals surface area contributed by atoms with Crippen molar-refractivity contribution in [1.82, 2.24) is 5.32 Å². The molecular weight excluding hydrogens is 213 g/mol. The maximum Gasteiger partial charge on any atom is 0.142 e. The Bertz CT molecular complexity index is 336. The third-order valence-electron chi connectivity index (χ3n) is 2.67. The van der Waals surface area contributed by atoms with Gasteiger partial charge in [-0.1, -0.05) is 30.7 Å². The summed E-state index contributed by atoms with van der Waals surface area (Å²) in [4.78, 5) is 0. The molecule has 0 aromatic heterocycles. The van der Waals surface area contributed by atoms with Gasteiger partial charge in [0.1, 0.15) is 5.82 Å². The standard InChI is InChI=1S/C12H17ClFN/c1-4-12(2,3)15-8-9-6-5-7-10(14)11(9)13/h5-7,15H,4,8H2,1-3H3. The highest BCUT2D eigenvalue weighted by Gasteiger charge is 2.14. The van der Waals surface area contributed by atoms with Gasteiger partial charge in [-0.3, -0.25) is 0 Å². The van der Waals surface area contributed by atoms with Crippen LogP contribution in [0, 0.1) is 5.82 Å². The van der Waals surface area contributed by atoms with Crippen molar-refractivity contribution in [3.8, 4) is 0 Å². The molecule has 0 spiro atoms. The van der Waals surface area contributed by atoms with Crippen LogP contribution in [0.2, 0.25) is 5.02 Å². The van der Waals surface area contributed by atoms with Crippen LogP contribution >= 0.6 is 11.6 Å². The van der Waals surface area contributed by atoms with Crippen molar-refractivity contribution in [1.29, 1.82) is 0 Å². The Morgan fingerprint density at radius 2 is 2.07 bits per heavy atom. The molecule has 0 aliphatic carbocycles. The summed E-state index contributed by atoms with van der Waals surface area (Å²) in [7, 11) is 0. The number of rotatable bonds is 4. The molecule has 15 heavy (non-hydrogen) atoms. The van der Waals surface area contributed by atoms with Gasteiger partial charge in [0.25, 0.3) is 0 Å². The van der Waals surface area contributed by atoms with Crippen molar-refractivity contribution in [2.45, 2.75) is 39.3 Å². The van der Waals surface area contributed by atoms with Crippen molar-refractivity contribution in [3.63, 3.8) is 0 Å². The average molecular weight is 230 g/mol. The summed E-state index contributed by atoms with van der Waals surface area (Å²) in [6, 6.07) is 4.89. The highest BCUT2D eigenvalue weighted by molar-refractivity contribution is 6.31. The van der Waals surface area contributed by atoms with E-state index < -0.39 is 0 Å². The summed E-state index contributed by atoms with van der Waals surface area (Å²) in [6.07, 6.45) is 1.01. The first kappa shape index (κ1) is 12.5. The second kappa shape index (κ2) is 4.95. The zero-order valence-electron chi connectivity index (χ0n) is 9.40. The van der Waals surface area contributed by atoms with Crippen LogP contribution in [-0.2, 0) is 6.54 Å². The van der Waals surface area contributed by atoms with E-state index in [0.717, 1.165) is 12.0 Å². The lowest BCUT2D eigenvalue weighted by Gasteiger charge is -2.24. The third-order valence-corrected chi connectivity index (χ3v) is 3.10. The van der Waals surface area contributed by atoms with Gasteiger partial charge >= 0.3 is 0 Å². The molecule has 0 saturated carbocycles. The highest BCUT2D eigenvalue weighted by Crippen LogP contribution is 2.20. The predicted molar refractivity (Wildman–Crippen MR) is 62.6 cm³/mol. The fourth-order valence-corrected chi connectivity index (χ4v) is 1.34. The molecule has 0 bridgehead atoms. The van der Waals surface area contributed by atoms with E-state index in [2.05, 4.69) is 26.1 Å². The third kappa shape index (κ3) is 3.47. The van der Waals surface area contributed by atoms with Gasteiger partial charge in [0.2, 0.25) is 0 Å². The van der Waals surface area contributed by atoms with Crippen molar-refractivity contribution >= 4 is 11.6 Å². The van der Waals surface area contributed by atoms with E-state index >= 15 is 0 Å². The van der Waals surface area contributed by atoms with Gasteiger partial charge in [-0.05, 0) is 31.9 Å². The second-order valence-corrected chi connectivity index (χ2v) is 4.68. The Morgan fingerprint density at radius 1 is 1.40 bits per heavy atom. The molecule has 0 fully saturated rings. The normalized spacial score (nSPS) is 11.8. The van der Waals surface area contributed by atoms with Crippen LogP contribution in [0.4, 0.5) is 4.39 Å². The van der Waals surface area contributed by atoms with Crippen LogP contribution in [0.15, 0.2) is 18.2 Å². The Labute approximate surface area is 95.6 Å².